The summed E-state index contributed by atoms with van der Waals surface area (Å²) in [5.74, 6) is -3.83. The Labute approximate surface area is 157 Å². The second-order valence-corrected chi connectivity index (χ2v) is 6.12. The summed E-state index contributed by atoms with van der Waals surface area (Å²) in [4.78, 5) is 19.4. The molecule has 0 spiro atoms. The fourth-order valence-electron chi connectivity index (χ4n) is 2.76. The van der Waals surface area contributed by atoms with Crippen LogP contribution in [0.4, 0.5) is 13.2 Å². The predicted octanol–water partition coefficient (Wildman–Crippen LogP) is 4.59. The van der Waals surface area contributed by atoms with E-state index in [1.165, 1.54) is 0 Å². The van der Waals surface area contributed by atoms with Gasteiger partial charge < -0.3 is 9.72 Å². The van der Waals surface area contributed by atoms with Crippen molar-refractivity contribution in [3.63, 3.8) is 0 Å². The zero-order valence-electron chi connectivity index (χ0n) is 14.4. The van der Waals surface area contributed by atoms with Gasteiger partial charge in [-0.3, -0.25) is 4.79 Å². The molecule has 0 aliphatic rings. The van der Waals surface area contributed by atoms with Crippen molar-refractivity contribution in [3.8, 4) is 17.1 Å². The number of aromatic amines is 1. The molecule has 4 nitrogen and oxygen atoms in total. The molecule has 140 valence electrons. The number of nitrogens with one attached hydrogen (secondary N) is 1. The summed E-state index contributed by atoms with van der Waals surface area (Å²) in [6, 6.07) is 15.6. The van der Waals surface area contributed by atoms with E-state index in [4.69, 9.17) is 4.74 Å². The minimum Gasteiger partial charge on any atom is -0.489 e. The summed E-state index contributed by atoms with van der Waals surface area (Å²) in [5, 5.41) is 0.509. The second kappa shape index (κ2) is 7.19. The van der Waals surface area contributed by atoms with Gasteiger partial charge in [-0.05, 0) is 17.7 Å². The van der Waals surface area contributed by atoms with Crippen molar-refractivity contribution >= 4 is 10.9 Å². The minimum absolute atomic E-state index is 0.0342. The molecule has 0 saturated heterocycles. The lowest BCUT2D eigenvalue weighted by Gasteiger charge is -2.08. The van der Waals surface area contributed by atoms with E-state index in [0.29, 0.717) is 22.3 Å². The molecule has 0 bridgehead atoms. The molecule has 3 aromatic carbocycles. The van der Waals surface area contributed by atoms with Gasteiger partial charge in [0.2, 0.25) is 0 Å². The average Bonchev–Trinajstić information content (AvgIpc) is 2.71. The number of nitrogens with zero attached hydrogens (tertiary/aromatic N) is 1. The number of H-pyrrole nitrogens is 1. The standard InChI is InChI=1S/C21H13F3N2O2/c22-16-9-14(10-17(23)19(16)24)28-11-12-5-7-13(8-6-12)20-25-18-4-2-1-3-15(18)21(27)26-20/h1-10H,11H2,(H,25,26,27). The van der Waals surface area contributed by atoms with Crippen LogP contribution >= 0.6 is 0 Å². The Kier molecular flexibility index (Phi) is 4.57. The highest BCUT2D eigenvalue weighted by Gasteiger charge is 2.11. The van der Waals surface area contributed by atoms with E-state index in [0.717, 1.165) is 17.7 Å². The molecule has 0 aliphatic heterocycles. The first kappa shape index (κ1) is 17.8. The lowest BCUT2D eigenvalue weighted by Crippen LogP contribution is -2.09. The number of benzene rings is 3. The molecule has 1 N–H and O–H groups in total. The highest BCUT2D eigenvalue weighted by Crippen LogP contribution is 2.21. The van der Waals surface area contributed by atoms with Gasteiger partial charge in [0.1, 0.15) is 18.2 Å². The highest BCUT2D eigenvalue weighted by atomic mass is 19.2. The van der Waals surface area contributed by atoms with E-state index in [9.17, 15) is 18.0 Å². The molecule has 0 amide bonds. The molecule has 0 aliphatic carbocycles. The maximum atomic E-state index is 13.2. The van der Waals surface area contributed by atoms with E-state index in [1.54, 1.807) is 48.5 Å². The maximum Gasteiger partial charge on any atom is 0.259 e. The Hall–Kier alpha value is -3.61. The summed E-state index contributed by atoms with van der Waals surface area (Å²) < 4.78 is 44.7. The summed E-state index contributed by atoms with van der Waals surface area (Å²) in [6.07, 6.45) is 0. The summed E-state index contributed by atoms with van der Waals surface area (Å²) in [5.41, 5.74) is 1.78. The van der Waals surface area contributed by atoms with Crippen molar-refractivity contribution in [2.24, 2.45) is 0 Å². The first-order valence-corrected chi connectivity index (χ1v) is 8.37. The molecule has 4 aromatic rings. The van der Waals surface area contributed by atoms with Crippen LogP contribution in [0, 0.1) is 17.5 Å². The average molecular weight is 382 g/mol. The van der Waals surface area contributed by atoms with Gasteiger partial charge >= 0.3 is 0 Å². The van der Waals surface area contributed by atoms with E-state index < -0.39 is 17.5 Å². The molecule has 1 heterocycles. The lowest BCUT2D eigenvalue weighted by molar-refractivity contribution is 0.299. The van der Waals surface area contributed by atoms with Crippen molar-refractivity contribution in [2.75, 3.05) is 0 Å². The number of ether oxygens (including phenoxy) is 1. The van der Waals surface area contributed by atoms with Gasteiger partial charge in [-0.15, -0.1) is 0 Å². The Balaban J connectivity index is 1.54. The first-order chi connectivity index (χ1) is 13.5. The van der Waals surface area contributed by atoms with Crippen LogP contribution < -0.4 is 10.3 Å². The topological polar surface area (TPSA) is 55.0 Å². The van der Waals surface area contributed by atoms with Crippen LogP contribution in [0.1, 0.15) is 5.56 Å². The molecule has 0 unspecified atom stereocenters. The number of rotatable bonds is 4. The molecule has 28 heavy (non-hydrogen) atoms. The molecule has 4 rings (SSSR count). The normalized spacial score (nSPS) is 11.0. The van der Waals surface area contributed by atoms with Crippen molar-refractivity contribution in [3.05, 3.63) is 94.0 Å². The monoisotopic (exact) mass is 382 g/mol. The molecule has 1 aromatic heterocycles. The number of para-hydroxylation sites is 1. The number of hydrogen-bond acceptors (Lipinski definition) is 3. The van der Waals surface area contributed by atoms with Crippen LogP contribution in [0.5, 0.6) is 5.75 Å². The van der Waals surface area contributed by atoms with Crippen molar-refractivity contribution in [2.45, 2.75) is 6.61 Å². The fraction of sp³-hybridized carbons (Fsp3) is 0.0476. The zero-order chi connectivity index (χ0) is 19.7. The Bertz CT molecular complexity index is 1200. The smallest absolute Gasteiger partial charge is 0.259 e. The van der Waals surface area contributed by atoms with Gasteiger partial charge in [0.15, 0.2) is 17.5 Å². The van der Waals surface area contributed by atoms with Gasteiger partial charge in [0.05, 0.1) is 10.9 Å². The summed E-state index contributed by atoms with van der Waals surface area (Å²) >= 11 is 0. The third kappa shape index (κ3) is 3.46. The van der Waals surface area contributed by atoms with Crippen LogP contribution in [0.25, 0.3) is 22.3 Å². The van der Waals surface area contributed by atoms with Gasteiger partial charge in [-0.1, -0.05) is 36.4 Å². The quantitative estimate of drug-likeness (QED) is 0.526. The van der Waals surface area contributed by atoms with Crippen LogP contribution in [0.2, 0.25) is 0 Å². The Morgan fingerprint density at radius 3 is 2.32 bits per heavy atom. The van der Waals surface area contributed by atoms with Crippen LogP contribution in [-0.2, 0) is 6.61 Å². The van der Waals surface area contributed by atoms with Gasteiger partial charge in [0, 0.05) is 17.7 Å². The fourth-order valence-corrected chi connectivity index (χ4v) is 2.76. The number of fused-ring (bicyclic) bond motifs is 1. The third-order valence-corrected chi connectivity index (χ3v) is 4.20. The molecule has 0 fully saturated rings. The molecule has 0 atom stereocenters. The van der Waals surface area contributed by atoms with Crippen LogP contribution in [0.15, 0.2) is 65.5 Å². The minimum atomic E-state index is -1.53. The second-order valence-electron chi connectivity index (χ2n) is 6.12. The van der Waals surface area contributed by atoms with E-state index in [-0.39, 0.29) is 17.9 Å². The molecule has 7 heteroatoms. The van der Waals surface area contributed by atoms with E-state index in [2.05, 4.69) is 9.97 Å². The van der Waals surface area contributed by atoms with Crippen molar-refractivity contribution < 1.29 is 17.9 Å². The van der Waals surface area contributed by atoms with Crippen LogP contribution in [-0.4, -0.2) is 9.97 Å². The van der Waals surface area contributed by atoms with Crippen molar-refractivity contribution in [1.29, 1.82) is 0 Å². The summed E-state index contributed by atoms with van der Waals surface area (Å²) in [7, 11) is 0. The van der Waals surface area contributed by atoms with Gasteiger partial charge in [-0.25, -0.2) is 18.2 Å². The van der Waals surface area contributed by atoms with E-state index >= 15 is 0 Å². The zero-order valence-corrected chi connectivity index (χ0v) is 14.4. The molecule has 0 radical (unpaired) electrons. The number of aromatic nitrogens is 2. The maximum absolute atomic E-state index is 13.2. The Morgan fingerprint density at radius 1 is 0.929 bits per heavy atom. The predicted molar refractivity (Wildman–Crippen MR) is 98.4 cm³/mol. The molecular weight excluding hydrogens is 369 g/mol. The molecule has 0 saturated carbocycles. The van der Waals surface area contributed by atoms with Crippen LogP contribution in [0.3, 0.4) is 0 Å². The lowest BCUT2D eigenvalue weighted by atomic mass is 10.1. The SMILES string of the molecule is O=c1[nH]c(-c2ccc(COc3cc(F)c(F)c(F)c3)cc2)nc2ccccc12. The highest BCUT2D eigenvalue weighted by molar-refractivity contribution is 5.79. The van der Waals surface area contributed by atoms with E-state index in [1.807, 2.05) is 0 Å². The van der Waals surface area contributed by atoms with Crippen molar-refractivity contribution in [1.82, 2.24) is 9.97 Å². The first-order valence-electron chi connectivity index (χ1n) is 8.37. The number of halogens is 3. The third-order valence-electron chi connectivity index (χ3n) is 4.20. The Morgan fingerprint density at radius 2 is 1.61 bits per heavy atom. The largest absolute Gasteiger partial charge is 0.489 e. The number of hydrogen-bond donors (Lipinski definition) is 1. The van der Waals surface area contributed by atoms with Gasteiger partial charge in [0.25, 0.3) is 5.56 Å². The summed E-state index contributed by atoms with van der Waals surface area (Å²) in [6.45, 7) is 0.0342. The molecular formula is C21H13F3N2O2. The van der Waals surface area contributed by atoms with Gasteiger partial charge in [-0.2, -0.15) is 0 Å².